The number of nitrogens with zero attached hydrogens (tertiary/aromatic N) is 1. The van der Waals surface area contributed by atoms with Gasteiger partial charge in [-0.1, -0.05) is 6.07 Å². The molecular formula is C21H16NO5+. The molecule has 0 spiro atoms. The SMILES string of the molecule is COC[n+]1cc2c3c(ccc2c2ccc4cc5c(cc4c21)OCO5)OCO3. The molecule has 0 amide bonds. The lowest BCUT2D eigenvalue weighted by molar-refractivity contribution is -0.705. The summed E-state index contributed by atoms with van der Waals surface area (Å²) in [5, 5.41) is 5.43. The van der Waals surface area contributed by atoms with Gasteiger partial charge in [-0.2, -0.15) is 4.57 Å². The first kappa shape index (κ1) is 14.9. The molecule has 1 aromatic heterocycles. The first-order valence-electron chi connectivity index (χ1n) is 8.73. The molecule has 0 atom stereocenters. The van der Waals surface area contributed by atoms with Crippen LogP contribution in [0.1, 0.15) is 0 Å². The van der Waals surface area contributed by atoms with Crippen molar-refractivity contribution in [1.29, 1.82) is 0 Å². The van der Waals surface area contributed by atoms with Crippen molar-refractivity contribution in [3.8, 4) is 23.0 Å². The third kappa shape index (κ3) is 2.01. The number of fused-ring (bicyclic) bond motifs is 8. The number of rotatable bonds is 2. The summed E-state index contributed by atoms with van der Waals surface area (Å²) in [6.45, 7) is 0.927. The Morgan fingerprint density at radius 1 is 0.815 bits per heavy atom. The maximum absolute atomic E-state index is 5.73. The minimum Gasteiger partial charge on any atom is -0.454 e. The molecule has 0 saturated heterocycles. The molecule has 2 aliphatic heterocycles. The van der Waals surface area contributed by atoms with E-state index in [1.165, 1.54) is 0 Å². The van der Waals surface area contributed by atoms with E-state index in [1.807, 2.05) is 18.2 Å². The summed E-state index contributed by atoms with van der Waals surface area (Å²) in [4.78, 5) is 0. The van der Waals surface area contributed by atoms with Crippen LogP contribution in [0.15, 0.2) is 42.6 Å². The summed E-state index contributed by atoms with van der Waals surface area (Å²) in [6, 6.07) is 12.4. The van der Waals surface area contributed by atoms with Gasteiger partial charge in [0.05, 0.1) is 16.2 Å². The second-order valence-corrected chi connectivity index (χ2v) is 6.67. The van der Waals surface area contributed by atoms with E-state index in [9.17, 15) is 0 Å². The van der Waals surface area contributed by atoms with E-state index in [-0.39, 0.29) is 13.6 Å². The van der Waals surface area contributed by atoms with Crippen molar-refractivity contribution in [2.75, 3.05) is 20.7 Å². The molecule has 6 heteroatoms. The average Bonchev–Trinajstić information content (AvgIpc) is 3.34. The highest BCUT2D eigenvalue weighted by atomic mass is 16.7. The Bertz CT molecular complexity index is 1250. The number of benzene rings is 3. The number of aromatic nitrogens is 1. The lowest BCUT2D eigenvalue weighted by Crippen LogP contribution is -2.35. The quantitative estimate of drug-likeness (QED) is 0.404. The fraction of sp³-hybridized carbons (Fsp3) is 0.190. The van der Waals surface area contributed by atoms with Crippen LogP contribution in [-0.2, 0) is 11.5 Å². The third-order valence-corrected chi connectivity index (χ3v) is 5.19. The number of methoxy groups -OCH3 is 1. The molecule has 6 nitrogen and oxygen atoms in total. The van der Waals surface area contributed by atoms with Gasteiger partial charge in [0.1, 0.15) is 0 Å². The Labute approximate surface area is 154 Å². The van der Waals surface area contributed by atoms with Gasteiger partial charge >= 0.3 is 0 Å². The summed E-state index contributed by atoms with van der Waals surface area (Å²) in [5.41, 5.74) is 1.08. The van der Waals surface area contributed by atoms with Gasteiger partial charge in [0.15, 0.2) is 29.2 Å². The summed E-state index contributed by atoms with van der Waals surface area (Å²) >= 11 is 0. The van der Waals surface area contributed by atoms with Crippen molar-refractivity contribution in [2.45, 2.75) is 6.73 Å². The van der Waals surface area contributed by atoms with Crippen LogP contribution >= 0.6 is 0 Å². The Balaban J connectivity index is 1.78. The van der Waals surface area contributed by atoms with Gasteiger partial charge in [0, 0.05) is 12.5 Å². The van der Waals surface area contributed by atoms with Gasteiger partial charge in [-0.3, -0.25) is 0 Å². The van der Waals surface area contributed by atoms with Crippen molar-refractivity contribution >= 4 is 32.4 Å². The molecule has 0 aliphatic carbocycles. The normalized spacial score (nSPS) is 14.6. The lowest BCUT2D eigenvalue weighted by atomic mass is 10.00. The maximum atomic E-state index is 5.73. The highest BCUT2D eigenvalue weighted by Crippen LogP contribution is 2.43. The van der Waals surface area contributed by atoms with E-state index in [1.54, 1.807) is 7.11 Å². The van der Waals surface area contributed by atoms with E-state index in [4.69, 9.17) is 23.7 Å². The number of hydrogen-bond donors (Lipinski definition) is 0. The molecule has 4 aromatic rings. The molecule has 134 valence electrons. The molecule has 0 fully saturated rings. The van der Waals surface area contributed by atoms with Gasteiger partial charge < -0.3 is 23.7 Å². The third-order valence-electron chi connectivity index (χ3n) is 5.19. The molecule has 0 unspecified atom stereocenters. The van der Waals surface area contributed by atoms with Gasteiger partial charge in [0.25, 0.3) is 6.73 Å². The van der Waals surface area contributed by atoms with Crippen molar-refractivity contribution < 1.29 is 28.3 Å². The zero-order valence-electron chi connectivity index (χ0n) is 14.7. The average molecular weight is 362 g/mol. The van der Waals surface area contributed by atoms with E-state index >= 15 is 0 Å². The van der Waals surface area contributed by atoms with Crippen molar-refractivity contribution in [3.05, 3.63) is 42.6 Å². The highest BCUT2D eigenvalue weighted by molar-refractivity contribution is 6.15. The smallest absolute Gasteiger partial charge is 0.252 e. The van der Waals surface area contributed by atoms with Crippen LogP contribution in [0.4, 0.5) is 0 Å². The fourth-order valence-corrected chi connectivity index (χ4v) is 4.04. The molecule has 27 heavy (non-hydrogen) atoms. The second kappa shape index (κ2) is 5.37. The van der Waals surface area contributed by atoms with Crippen molar-refractivity contribution in [1.82, 2.24) is 0 Å². The summed E-state index contributed by atoms with van der Waals surface area (Å²) in [7, 11) is 1.69. The van der Waals surface area contributed by atoms with Crippen molar-refractivity contribution in [3.63, 3.8) is 0 Å². The Morgan fingerprint density at radius 3 is 2.48 bits per heavy atom. The molecule has 2 aliphatic rings. The molecule has 3 heterocycles. The Hall–Kier alpha value is -3.25. The van der Waals surface area contributed by atoms with Crippen LogP contribution in [0, 0.1) is 0 Å². The maximum Gasteiger partial charge on any atom is 0.252 e. The number of ether oxygens (including phenoxy) is 5. The van der Waals surface area contributed by atoms with Crippen LogP contribution in [0.2, 0.25) is 0 Å². The lowest BCUT2D eigenvalue weighted by Gasteiger charge is -2.10. The van der Waals surface area contributed by atoms with Crippen molar-refractivity contribution in [2.24, 2.45) is 0 Å². The molecule has 0 saturated carbocycles. The fourth-order valence-electron chi connectivity index (χ4n) is 4.04. The molecule has 0 N–H and O–H groups in total. The van der Waals surface area contributed by atoms with Crippen LogP contribution in [0.3, 0.4) is 0 Å². The first-order chi connectivity index (χ1) is 13.3. The summed E-state index contributed by atoms with van der Waals surface area (Å²) < 4.78 is 30.0. The van der Waals surface area contributed by atoms with Crippen LogP contribution in [0.5, 0.6) is 23.0 Å². The van der Waals surface area contributed by atoms with E-state index in [0.717, 1.165) is 55.4 Å². The van der Waals surface area contributed by atoms with E-state index < -0.39 is 0 Å². The standard InChI is InChI=1S/C21H16NO5/c1-23-9-22-8-16-13(4-5-17-21(16)27-11-24-17)14-3-2-12-6-18-19(26-10-25-18)7-15(12)20(14)22/h2-8H,9-11H2,1H3/q+1. The summed E-state index contributed by atoms with van der Waals surface area (Å²) in [6.07, 6.45) is 2.07. The van der Waals surface area contributed by atoms with Crippen LogP contribution < -0.4 is 23.5 Å². The van der Waals surface area contributed by atoms with Crippen LogP contribution in [-0.4, -0.2) is 20.7 Å². The van der Waals surface area contributed by atoms with E-state index in [2.05, 4.69) is 29.0 Å². The molecular weight excluding hydrogens is 346 g/mol. The molecule has 3 aromatic carbocycles. The topological polar surface area (TPSA) is 50.0 Å². The molecule has 0 radical (unpaired) electrons. The largest absolute Gasteiger partial charge is 0.454 e. The Kier molecular flexibility index (Phi) is 2.96. The van der Waals surface area contributed by atoms with Gasteiger partial charge in [0.2, 0.25) is 19.1 Å². The zero-order chi connectivity index (χ0) is 18.0. The number of pyridine rings is 1. The van der Waals surface area contributed by atoms with E-state index in [0.29, 0.717) is 6.73 Å². The molecule has 6 rings (SSSR count). The van der Waals surface area contributed by atoms with Gasteiger partial charge in [-0.15, -0.1) is 0 Å². The monoisotopic (exact) mass is 362 g/mol. The van der Waals surface area contributed by atoms with Crippen LogP contribution in [0.25, 0.3) is 32.4 Å². The van der Waals surface area contributed by atoms with Gasteiger partial charge in [-0.05, 0) is 35.7 Å². The minimum atomic E-state index is 0.248. The highest BCUT2D eigenvalue weighted by Gasteiger charge is 2.25. The predicted molar refractivity (Wildman–Crippen MR) is 98.4 cm³/mol. The zero-order valence-corrected chi connectivity index (χ0v) is 14.7. The predicted octanol–water partition coefficient (Wildman–Crippen LogP) is 3.50. The second-order valence-electron chi connectivity index (χ2n) is 6.67. The Morgan fingerprint density at radius 2 is 1.59 bits per heavy atom. The first-order valence-corrected chi connectivity index (χ1v) is 8.73. The van der Waals surface area contributed by atoms with Gasteiger partial charge in [-0.25, -0.2) is 0 Å². The molecule has 0 bridgehead atoms. The number of hydrogen-bond acceptors (Lipinski definition) is 5. The minimum absolute atomic E-state index is 0.248. The summed E-state index contributed by atoms with van der Waals surface area (Å²) in [5.74, 6) is 3.11.